The molecule has 0 aromatic heterocycles. The number of carboxylic acid groups (broad SMARTS) is 1. The molecule has 0 radical (unpaired) electrons. The minimum Gasteiger partial charge on any atom is -0.508 e. The summed E-state index contributed by atoms with van der Waals surface area (Å²) in [5.41, 5.74) is 1.11. The lowest BCUT2D eigenvalue weighted by molar-refractivity contribution is 0.0695. The molecule has 1 aliphatic heterocycles. The summed E-state index contributed by atoms with van der Waals surface area (Å²) in [7, 11) is 0. The van der Waals surface area contributed by atoms with E-state index in [1.807, 2.05) is 0 Å². The van der Waals surface area contributed by atoms with Crippen molar-refractivity contribution in [1.82, 2.24) is 0 Å². The number of ether oxygens (including phenoxy) is 1. The molecule has 3 aromatic rings. The van der Waals surface area contributed by atoms with E-state index in [9.17, 15) is 25.2 Å². The number of hydrogen-bond donors (Lipinski definition) is 8. The van der Waals surface area contributed by atoms with Crippen LogP contribution < -0.4 is 4.74 Å². The van der Waals surface area contributed by atoms with Gasteiger partial charge in [0, 0.05) is 17.7 Å². The van der Waals surface area contributed by atoms with Crippen LogP contribution in [-0.2, 0) is 6.42 Å². The molecule has 4 rings (SSSR count). The highest BCUT2D eigenvalue weighted by molar-refractivity contribution is 5.89. The molecule has 10 nitrogen and oxygen atoms in total. The summed E-state index contributed by atoms with van der Waals surface area (Å²) in [6, 6.07) is 8.97. The van der Waals surface area contributed by atoms with Crippen LogP contribution in [0.5, 0.6) is 46.0 Å². The van der Waals surface area contributed by atoms with Crippen molar-refractivity contribution in [3.63, 3.8) is 0 Å². The van der Waals surface area contributed by atoms with Crippen molar-refractivity contribution in [2.24, 2.45) is 0 Å². The number of benzene rings is 3. The Bertz CT molecular complexity index is 1150. The second-order valence-electron chi connectivity index (χ2n) is 7.00. The maximum Gasteiger partial charge on any atom is 0.335 e. The summed E-state index contributed by atoms with van der Waals surface area (Å²) in [4.78, 5) is 10.3. The van der Waals surface area contributed by atoms with E-state index in [1.165, 1.54) is 24.3 Å². The average molecular weight is 444 g/mol. The number of phenols is 7. The number of phenolic OH excluding ortho intramolecular Hbond substituents is 7. The van der Waals surface area contributed by atoms with Crippen LogP contribution in [0.4, 0.5) is 0 Å². The minimum atomic E-state index is -1.29. The van der Waals surface area contributed by atoms with Crippen molar-refractivity contribution in [1.29, 1.82) is 0 Å². The molecule has 1 heterocycles. The molecule has 0 fully saturated rings. The zero-order chi connectivity index (χ0) is 23.6. The van der Waals surface area contributed by atoms with Gasteiger partial charge in [0.2, 0.25) is 0 Å². The number of hydrogen-bond acceptors (Lipinski definition) is 9. The van der Waals surface area contributed by atoms with Crippen LogP contribution in [0.1, 0.15) is 34.0 Å². The van der Waals surface area contributed by atoms with Gasteiger partial charge in [-0.2, -0.15) is 0 Å². The Morgan fingerprint density at radius 3 is 2.03 bits per heavy atom. The van der Waals surface area contributed by atoms with Crippen LogP contribution in [0.15, 0.2) is 42.5 Å². The quantitative estimate of drug-likeness (QED) is 0.273. The first-order valence-corrected chi connectivity index (χ1v) is 9.28. The van der Waals surface area contributed by atoms with E-state index in [1.54, 1.807) is 6.07 Å². The first-order valence-electron chi connectivity index (χ1n) is 9.28. The van der Waals surface area contributed by atoms with E-state index in [-0.39, 0.29) is 34.7 Å². The van der Waals surface area contributed by atoms with Crippen LogP contribution in [0.2, 0.25) is 0 Å². The summed E-state index contributed by atoms with van der Waals surface area (Å²) in [6.07, 6.45) is 0.943. The van der Waals surface area contributed by atoms with Gasteiger partial charge in [-0.05, 0) is 42.7 Å². The largest absolute Gasteiger partial charge is 0.508 e. The molecule has 0 unspecified atom stereocenters. The lowest BCUT2D eigenvalue weighted by atomic mass is 9.96. The number of aromatic carboxylic acids is 1. The third-order valence-electron chi connectivity index (χ3n) is 4.78. The zero-order valence-electron chi connectivity index (χ0n) is 16.4. The molecule has 8 N–H and O–H groups in total. The number of rotatable bonds is 2. The number of carbonyl (C=O) groups is 1. The van der Waals surface area contributed by atoms with Gasteiger partial charge in [0.05, 0.1) is 5.56 Å². The number of fused-ring (bicyclic) bond motifs is 1. The van der Waals surface area contributed by atoms with E-state index in [0.717, 1.165) is 17.7 Å². The standard InChI is InChI=1S/C15H14O5.C7H6O5/c16-9-6-12(18)10-2-4-14(20-15(10)7-9)8-1-3-11(17)13(19)5-8;8-4-1-3(7(11)12)2-5(9)6(4)10/h1,3,5-7,14,16-19H,2,4H2;1-2,8-10H,(H,11,12)/t14-;/m1./s1. The van der Waals surface area contributed by atoms with Crippen molar-refractivity contribution in [3.8, 4) is 46.0 Å². The van der Waals surface area contributed by atoms with E-state index in [2.05, 4.69) is 0 Å². The summed E-state index contributed by atoms with van der Waals surface area (Å²) in [6.45, 7) is 0. The molecular formula is C22H20O10. The van der Waals surface area contributed by atoms with E-state index in [0.29, 0.717) is 24.2 Å². The lowest BCUT2D eigenvalue weighted by Crippen LogP contribution is -2.15. The SMILES string of the molecule is O=C(O)c1cc(O)c(O)c(O)c1.Oc1cc(O)c2c(c1)O[C@@H](c1ccc(O)c(O)c1)CC2. The van der Waals surface area contributed by atoms with Gasteiger partial charge in [0.15, 0.2) is 28.7 Å². The Morgan fingerprint density at radius 2 is 1.44 bits per heavy atom. The van der Waals surface area contributed by atoms with Crippen molar-refractivity contribution < 1.29 is 50.4 Å². The zero-order valence-corrected chi connectivity index (χ0v) is 16.4. The van der Waals surface area contributed by atoms with Crippen LogP contribution in [0, 0.1) is 0 Å². The fourth-order valence-corrected chi connectivity index (χ4v) is 3.16. The van der Waals surface area contributed by atoms with Gasteiger partial charge >= 0.3 is 5.97 Å². The second-order valence-corrected chi connectivity index (χ2v) is 7.00. The molecule has 0 saturated carbocycles. The van der Waals surface area contributed by atoms with Crippen LogP contribution >= 0.6 is 0 Å². The molecule has 0 spiro atoms. The molecular weight excluding hydrogens is 424 g/mol. The molecule has 0 bridgehead atoms. The first-order chi connectivity index (χ1) is 15.1. The van der Waals surface area contributed by atoms with Gasteiger partial charge in [0.25, 0.3) is 0 Å². The molecule has 3 aromatic carbocycles. The Balaban J connectivity index is 0.000000207. The molecule has 10 heteroatoms. The molecule has 168 valence electrons. The van der Waals surface area contributed by atoms with Crippen LogP contribution in [0.3, 0.4) is 0 Å². The van der Waals surface area contributed by atoms with E-state index in [4.69, 9.17) is 25.2 Å². The average Bonchev–Trinajstić information content (AvgIpc) is 2.73. The topological polar surface area (TPSA) is 188 Å². The molecule has 0 amide bonds. The maximum atomic E-state index is 10.3. The summed E-state index contributed by atoms with van der Waals surface area (Å²) >= 11 is 0. The second kappa shape index (κ2) is 8.72. The fourth-order valence-electron chi connectivity index (χ4n) is 3.16. The predicted octanol–water partition coefficient (Wildman–Crippen LogP) is 3.08. The van der Waals surface area contributed by atoms with Gasteiger partial charge in [-0.3, -0.25) is 0 Å². The fraction of sp³-hybridized carbons (Fsp3) is 0.136. The highest BCUT2D eigenvalue weighted by Crippen LogP contribution is 2.42. The van der Waals surface area contributed by atoms with Crippen molar-refractivity contribution in [2.75, 3.05) is 0 Å². The van der Waals surface area contributed by atoms with Crippen LogP contribution in [0.25, 0.3) is 0 Å². The molecule has 0 saturated heterocycles. The normalized spacial score (nSPS) is 14.4. The molecule has 1 aliphatic rings. The first kappa shape index (κ1) is 22.2. The van der Waals surface area contributed by atoms with Crippen molar-refractivity contribution in [2.45, 2.75) is 18.9 Å². The number of aromatic hydroxyl groups is 7. The molecule has 0 aliphatic carbocycles. The highest BCUT2D eigenvalue weighted by Gasteiger charge is 2.25. The lowest BCUT2D eigenvalue weighted by Gasteiger charge is -2.27. The molecule has 32 heavy (non-hydrogen) atoms. The van der Waals surface area contributed by atoms with Gasteiger partial charge < -0.3 is 45.6 Å². The smallest absolute Gasteiger partial charge is 0.335 e. The molecule has 1 atom stereocenters. The van der Waals surface area contributed by atoms with E-state index < -0.39 is 23.2 Å². The third kappa shape index (κ3) is 4.64. The van der Waals surface area contributed by atoms with Crippen molar-refractivity contribution >= 4 is 5.97 Å². The van der Waals surface area contributed by atoms with Gasteiger partial charge in [-0.25, -0.2) is 4.79 Å². The Labute approximate surface area is 181 Å². The Morgan fingerprint density at radius 1 is 0.781 bits per heavy atom. The minimum absolute atomic E-state index is 0.0204. The monoisotopic (exact) mass is 444 g/mol. The van der Waals surface area contributed by atoms with Crippen molar-refractivity contribution in [3.05, 3.63) is 59.2 Å². The highest BCUT2D eigenvalue weighted by atomic mass is 16.5. The summed E-state index contributed by atoms with van der Waals surface area (Å²) < 4.78 is 5.76. The summed E-state index contributed by atoms with van der Waals surface area (Å²) in [5, 5.41) is 73.1. The predicted molar refractivity (Wildman–Crippen MR) is 110 cm³/mol. The maximum absolute atomic E-state index is 10.3. The number of carboxylic acids is 1. The van der Waals surface area contributed by atoms with Crippen LogP contribution in [-0.4, -0.2) is 46.8 Å². The Hall–Kier alpha value is -4.47. The van der Waals surface area contributed by atoms with E-state index >= 15 is 0 Å². The van der Waals surface area contributed by atoms with Gasteiger partial charge in [-0.15, -0.1) is 0 Å². The van der Waals surface area contributed by atoms with Gasteiger partial charge in [-0.1, -0.05) is 6.07 Å². The summed E-state index contributed by atoms with van der Waals surface area (Å²) in [5.74, 6) is -3.31. The van der Waals surface area contributed by atoms with Gasteiger partial charge in [0.1, 0.15) is 23.4 Å². The Kier molecular flexibility index (Phi) is 6.06. The third-order valence-corrected chi connectivity index (χ3v) is 4.78.